The van der Waals surface area contributed by atoms with Crippen LogP contribution in [0.1, 0.15) is 29.0 Å². The molecule has 0 atom stereocenters. The Kier molecular flexibility index (Phi) is 5.85. The lowest BCUT2D eigenvalue weighted by Crippen LogP contribution is -2.45. The zero-order valence-corrected chi connectivity index (χ0v) is 18.9. The molecule has 3 heterocycles. The maximum Gasteiger partial charge on any atom is 0.231 e. The topological polar surface area (TPSA) is 69.7 Å². The molecule has 1 N–H and O–H groups in total. The first kappa shape index (κ1) is 21.0. The van der Waals surface area contributed by atoms with Crippen LogP contribution in [-0.2, 0) is 21.4 Å². The van der Waals surface area contributed by atoms with Crippen molar-refractivity contribution in [2.24, 2.45) is 0 Å². The lowest BCUT2D eigenvalue weighted by molar-refractivity contribution is -0.120. The number of carbonyl (C=O) groups is 1. The van der Waals surface area contributed by atoms with Gasteiger partial charge in [0.2, 0.25) is 12.7 Å². The van der Waals surface area contributed by atoms with Crippen molar-refractivity contribution in [3.63, 3.8) is 0 Å². The first-order valence-corrected chi connectivity index (χ1v) is 11.8. The quantitative estimate of drug-likeness (QED) is 0.608. The van der Waals surface area contributed by atoms with Crippen molar-refractivity contribution in [1.82, 2.24) is 10.3 Å². The van der Waals surface area contributed by atoms with Gasteiger partial charge >= 0.3 is 0 Å². The Hall–Kier alpha value is -2.90. The normalized spacial score (nSPS) is 16.7. The third kappa shape index (κ3) is 4.36. The predicted octanol–water partition coefficient (Wildman–Crippen LogP) is 4.25. The number of nitrogens with zero attached hydrogens (tertiary/aromatic N) is 1. The van der Waals surface area contributed by atoms with Crippen LogP contribution in [-0.4, -0.2) is 37.4 Å². The number of carbonyl (C=O) groups excluding carboxylic acids is 1. The molecule has 6 nitrogen and oxygen atoms in total. The van der Waals surface area contributed by atoms with Gasteiger partial charge in [-0.25, -0.2) is 4.98 Å². The highest BCUT2D eigenvalue weighted by Gasteiger charge is 2.36. The third-order valence-electron chi connectivity index (χ3n) is 6.29. The monoisotopic (exact) mass is 450 g/mol. The minimum atomic E-state index is -0.165. The first-order valence-electron chi connectivity index (χ1n) is 10.9. The van der Waals surface area contributed by atoms with E-state index in [1.54, 1.807) is 11.3 Å². The van der Waals surface area contributed by atoms with E-state index < -0.39 is 0 Å². The molecule has 1 fully saturated rings. The molecule has 2 aliphatic heterocycles. The van der Waals surface area contributed by atoms with Crippen LogP contribution < -0.4 is 14.8 Å². The average Bonchev–Trinajstić information content (AvgIpc) is 3.47. The maximum absolute atomic E-state index is 12.8. The van der Waals surface area contributed by atoms with Crippen LogP contribution >= 0.6 is 11.3 Å². The summed E-state index contributed by atoms with van der Waals surface area (Å²) in [6, 6.07) is 14.2. The van der Waals surface area contributed by atoms with Gasteiger partial charge in [-0.3, -0.25) is 4.79 Å². The highest BCUT2D eigenvalue weighted by atomic mass is 32.1. The molecule has 1 saturated heterocycles. The summed E-state index contributed by atoms with van der Waals surface area (Å²) in [5, 5.41) is 6.29. The molecule has 0 aliphatic carbocycles. The molecule has 0 saturated carbocycles. The molecule has 0 spiro atoms. The van der Waals surface area contributed by atoms with E-state index in [0.29, 0.717) is 26.2 Å². The van der Waals surface area contributed by atoms with Gasteiger partial charge in [0.05, 0.1) is 17.1 Å². The second kappa shape index (κ2) is 8.92. The summed E-state index contributed by atoms with van der Waals surface area (Å²) < 4.78 is 16.7. The average molecular weight is 451 g/mol. The van der Waals surface area contributed by atoms with Gasteiger partial charge in [-0.15, -0.1) is 11.3 Å². The fourth-order valence-corrected chi connectivity index (χ4v) is 4.98. The fourth-order valence-electron chi connectivity index (χ4n) is 4.36. The van der Waals surface area contributed by atoms with Gasteiger partial charge in [-0.05, 0) is 43.0 Å². The van der Waals surface area contributed by atoms with Crippen molar-refractivity contribution in [2.45, 2.75) is 31.6 Å². The molecule has 1 amide bonds. The first-order chi connectivity index (χ1) is 15.6. The van der Waals surface area contributed by atoms with Gasteiger partial charge < -0.3 is 19.5 Å². The number of rotatable bonds is 6. The second-order valence-electron chi connectivity index (χ2n) is 8.36. The summed E-state index contributed by atoms with van der Waals surface area (Å²) in [6.45, 7) is 4.20. The Morgan fingerprint density at radius 2 is 1.88 bits per heavy atom. The SMILES string of the molecule is Cc1nc(-c2ccc(CC(=O)NCC3(c4ccc5c(c4)OCO5)CCOCC3)cc2)cs1. The number of aryl methyl sites for hydroxylation is 1. The zero-order valence-electron chi connectivity index (χ0n) is 18.1. The summed E-state index contributed by atoms with van der Waals surface area (Å²) in [4.78, 5) is 17.3. The van der Waals surface area contributed by atoms with Crippen LogP contribution in [0.4, 0.5) is 0 Å². The molecule has 0 bridgehead atoms. The summed E-state index contributed by atoms with van der Waals surface area (Å²) in [5.74, 6) is 1.57. The van der Waals surface area contributed by atoms with Crippen LogP contribution in [0, 0.1) is 6.92 Å². The van der Waals surface area contributed by atoms with Gasteiger partial charge in [-0.1, -0.05) is 30.3 Å². The van der Waals surface area contributed by atoms with Crippen molar-refractivity contribution >= 4 is 17.2 Å². The molecule has 2 aliphatic rings. The van der Waals surface area contributed by atoms with Crippen molar-refractivity contribution in [1.29, 1.82) is 0 Å². The van der Waals surface area contributed by atoms with E-state index in [2.05, 4.69) is 27.8 Å². The third-order valence-corrected chi connectivity index (χ3v) is 7.07. The van der Waals surface area contributed by atoms with E-state index in [9.17, 15) is 4.79 Å². The summed E-state index contributed by atoms with van der Waals surface area (Å²) in [6.07, 6.45) is 2.06. The van der Waals surface area contributed by atoms with Crippen LogP contribution in [0.25, 0.3) is 11.3 Å². The van der Waals surface area contributed by atoms with Crippen molar-refractivity contribution in [3.05, 3.63) is 64.0 Å². The standard InChI is InChI=1S/C25H26N2O4S/c1-17-27-21(14-32-17)19-4-2-18(3-5-19)12-24(28)26-15-25(8-10-29-11-9-25)20-6-7-22-23(13-20)31-16-30-22/h2-7,13-14H,8-12,15-16H2,1H3,(H,26,28). The zero-order chi connectivity index (χ0) is 22.0. The number of aromatic nitrogens is 1. The molecule has 1 aromatic heterocycles. The van der Waals surface area contributed by atoms with Gasteiger partial charge in [0.25, 0.3) is 0 Å². The number of hydrogen-bond donors (Lipinski definition) is 1. The molecule has 5 rings (SSSR count). The van der Waals surface area contributed by atoms with E-state index in [1.807, 2.05) is 37.3 Å². The van der Waals surface area contributed by atoms with E-state index in [4.69, 9.17) is 14.2 Å². The van der Waals surface area contributed by atoms with E-state index in [0.717, 1.165) is 51.7 Å². The van der Waals surface area contributed by atoms with Gasteiger partial charge in [0.1, 0.15) is 0 Å². The smallest absolute Gasteiger partial charge is 0.231 e. The number of benzene rings is 2. The lowest BCUT2D eigenvalue weighted by Gasteiger charge is -2.38. The molecular weight excluding hydrogens is 424 g/mol. The molecule has 0 radical (unpaired) electrons. The Labute approximate surface area is 191 Å². The number of fused-ring (bicyclic) bond motifs is 1. The van der Waals surface area contributed by atoms with Crippen molar-refractivity contribution in [2.75, 3.05) is 26.6 Å². The summed E-state index contributed by atoms with van der Waals surface area (Å²) in [5.41, 5.74) is 4.04. The van der Waals surface area contributed by atoms with Crippen LogP contribution in [0.2, 0.25) is 0 Å². The minimum absolute atomic E-state index is 0.0221. The largest absolute Gasteiger partial charge is 0.454 e. The highest BCUT2D eigenvalue weighted by Crippen LogP contribution is 2.40. The Morgan fingerprint density at radius 3 is 2.62 bits per heavy atom. The molecule has 3 aromatic rings. The van der Waals surface area contributed by atoms with E-state index in [-0.39, 0.29) is 18.1 Å². The van der Waals surface area contributed by atoms with Gasteiger partial charge in [0.15, 0.2) is 11.5 Å². The van der Waals surface area contributed by atoms with Crippen LogP contribution in [0.3, 0.4) is 0 Å². The number of ether oxygens (including phenoxy) is 3. The minimum Gasteiger partial charge on any atom is -0.454 e. The molecular formula is C25H26N2O4S. The Balaban J connectivity index is 1.25. The number of thiazole rings is 1. The number of hydrogen-bond acceptors (Lipinski definition) is 6. The number of nitrogens with one attached hydrogen (secondary N) is 1. The van der Waals surface area contributed by atoms with Gasteiger partial charge in [-0.2, -0.15) is 0 Å². The van der Waals surface area contributed by atoms with Gasteiger partial charge in [0, 0.05) is 36.1 Å². The van der Waals surface area contributed by atoms with Crippen LogP contribution in [0.15, 0.2) is 47.8 Å². The summed E-state index contributed by atoms with van der Waals surface area (Å²) in [7, 11) is 0. The number of amides is 1. The molecule has 7 heteroatoms. The Bertz CT molecular complexity index is 1100. The molecule has 0 unspecified atom stereocenters. The fraction of sp³-hybridized carbons (Fsp3) is 0.360. The maximum atomic E-state index is 12.8. The van der Waals surface area contributed by atoms with E-state index >= 15 is 0 Å². The lowest BCUT2D eigenvalue weighted by atomic mass is 9.74. The predicted molar refractivity (Wildman–Crippen MR) is 123 cm³/mol. The highest BCUT2D eigenvalue weighted by molar-refractivity contribution is 7.09. The Morgan fingerprint density at radius 1 is 1.09 bits per heavy atom. The second-order valence-corrected chi connectivity index (χ2v) is 9.43. The van der Waals surface area contributed by atoms with Crippen molar-refractivity contribution < 1.29 is 19.0 Å². The summed E-state index contributed by atoms with van der Waals surface area (Å²) >= 11 is 1.64. The molecule has 32 heavy (non-hydrogen) atoms. The van der Waals surface area contributed by atoms with E-state index in [1.165, 1.54) is 0 Å². The molecule has 166 valence electrons. The van der Waals surface area contributed by atoms with Crippen molar-refractivity contribution in [3.8, 4) is 22.8 Å². The van der Waals surface area contributed by atoms with Crippen LogP contribution in [0.5, 0.6) is 11.5 Å². The molecule has 2 aromatic carbocycles.